The van der Waals surface area contributed by atoms with Gasteiger partial charge in [-0.15, -0.1) is 0 Å². The molecule has 0 saturated carbocycles. The summed E-state index contributed by atoms with van der Waals surface area (Å²) in [6, 6.07) is -0.647. The van der Waals surface area contributed by atoms with Gasteiger partial charge in [-0.05, 0) is 77.0 Å². The third kappa shape index (κ3) is 60.8. The van der Waals surface area contributed by atoms with Crippen molar-refractivity contribution in [3.8, 4) is 0 Å². The lowest BCUT2D eigenvalue weighted by atomic mass is 10.0. The molecule has 0 aliphatic rings. The molecule has 0 spiro atoms. The molecular formula is C69H129NO3. The number of amides is 1. The predicted molar refractivity (Wildman–Crippen MR) is 327 cm³/mol. The molecule has 0 radical (unpaired) electrons. The summed E-state index contributed by atoms with van der Waals surface area (Å²) >= 11 is 0. The maximum absolute atomic E-state index is 12.5. The molecule has 4 nitrogen and oxygen atoms in total. The molecule has 0 aromatic heterocycles. The van der Waals surface area contributed by atoms with Crippen molar-refractivity contribution in [2.24, 2.45) is 0 Å². The van der Waals surface area contributed by atoms with Gasteiger partial charge in [0, 0.05) is 6.42 Å². The van der Waals surface area contributed by atoms with E-state index in [0.29, 0.717) is 6.42 Å². The number of aliphatic hydroxyl groups is 2. The van der Waals surface area contributed by atoms with Crippen LogP contribution >= 0.6 is 0 Å². The highest BCUT2D eigenvalue weighted by Crippen LogP contribution is 2.18. The Morgan fingerprint density at radius 1 is 0.329 bits per heavy atom. The number of allylic oxidation sites excluding steroid dienone is 9. The smallest absolute Gasteiger partial charge is 0.220 e. The Morgan fingerprint density at radius 3 is 0.877 bits per heavy atom. The molecule has 0 aromatic rings. The standard InChI is InChI=1S/C69H129NO3/c1-3-5-7-9-11-13-15-17-19-21-23-25-27-29-30-31-32-33-34-35-36-37-38-39-40-41-43-45-47-49-51-53-55-57-59-61-63-65-69(73)70-67(66-71)68(72)64-62-60-58-56-54-52-50-48-46-44-42-28-26-24-22-20-18-16-14-12-10-8-6-4-2/h15,17,21,23,46,48,54,56,62,64,67-68,71-72H,3-14,16,18-20,22,24-45,47,49-53,55,57-61,63,65-66H2,1-2H3,(H,70,73)/b17-15-,23-21-,48-46+,56-54+,64-62+. The normalized spacial score (nSPS) is 13.1. The molecule has 2 unspecified atom stereocenters. The van der Waals surface area contributed by atoms with Crippen LogP contribution in [0.15, 0.2) is 60.8 Å². The van der Waals surface area contributed by atoms with Crippen molar-refractivity contribution >= 4 is 5.91 Å². The fourth-order valence-electron chi connectivity index (χ4n) is 10.2. The van der Waals surface area contributed by atoms with Gasteiger partial charge < -0.3 is 15.5 Å². The zero-order valence-electron chi connectivity index (χ0n) is 49.4. The van der Waals surface area contributed by atoms with Crippen molar-refractivity contribution in [3.05, 3.63) is 60.8 Å². The lowest BCUT2D eigenvalue weighted by molar-refractivity contribution is -0.123. The Bertz CT molecular complexity index is 1200. The summed E-state index contributed by atoms with van der Waals surface area (Å²) < 4.78 is 0. The Labute approximate surface area is 457 Å². The molecule has 0 rings (SSSR count). The summed E-state index contributed by atoms with van der Waals surface area (Å²) in [5.41, 5.74) is 0. The number of unbranched alkanes of at least 4 members (excludes halogenated alkanes) is 46. The van der Waals surface area contributed by atoms with E-state index in [1.807, 2.05) is 6.08 Å². The molecule has 0 bridgehead atoms. The minimum atomic E-state index is -0.872. The van der Waals surface area contributed by atoms with Crippen LogP contribution in [-0.4, -0.2) is 34.9 Å². The molecule has 428 valence electrons. The minimum absolute atomic E-state index is 0.0721. The van der Waals surface area contributed by atoms with E-state index in [4.69, 9.17) is 0 Å². The van der Waals surface area contributed by atoms with E-state index in [1.54, 1.807) is 6.08 Å². The second-order valence-corrected chi connectivity index (χ2v) is 22.5. The van der Waals surface area contributed by atoms with Crippen LogP contribution in [0.25, 0.3) is 0 Å². The summed E-state index contributed by atoms with van der Waals surface area (Å²) in [5.74, 6) is -0.0721. The lowest BCUT2D eigenvalue weighted by Gasteiger charge is -2.19. The largest absolute Gasteiger partial charge is 0.394 e. The molecule has 73 heavy (non-hydrogen) atoms. The van der Waals surface area contributed by atoms with Crippen molar-refractivity contribution in [1.29, 1.82) is 0 Å². The summed E-state index contributed by atoms with van der Waals surface area (Å²) in [7, 11) is 0. The first-order chi connectivity index (χ1) is 36.2. The van der Waals surface area contributed by atoms with E-state index < -0.39 is 12.1 Å². The van der Waals surface area contributed by atoms with Crippen molar-refractivity contribution in [3.63, 3.8) is 0 Å². The SMILES string of the molecule is CCCCCCC/C=C\C/C=C\CCCCCCCCCCCCCCCCCCCCCCCCCCCC(=O)NC(CO)C(O)/C=C/CC/C=C/CC/C=C/CCCCCCCCCCCCCCCC. The van der Waals surface area contributed by atoms with E-state index >= 15 is 0 Å². The van der Waals surface area contributed by atoms with Crippen LogP contribution in [0.2, 0.25) is 0 Å². The van der Waals surface area contributed by atoms with Gasteiger partial charge >= 0.3 is 0 Å². The third-order valence-electron chi connectivity index (χ3n) is 15.2. The second kappa shape index (κ2) is 64.4. The van der Waals surface area contributed by atoms with E-state index in [0.717, 1.165) is 44.9 Å². The zero-order valence-corrected chi connectivity index (χ0v) is 49.4. The molecule has 0 aliphatic heterocycles. The first-order valence-corrected chi connectivity index (χ1v) is 33.0. The van der Waals surface area contributed by atoms with Crippen LogP contribution < -0.4 is 5.32 Å². The van der Waals surface area contributed by atoms with Gasteiger partial charge in [0.25, 0.3) is 0 Å². The highest BCUT2D eigenvalue weighted by molar-refractivity contribution is 5.76. The minimum Gasteiger partial charge on any atom is -0.394 e. The maximum atomic E-state index is 12.5. The summed E-state index contributed by atoms with van der Waals surface area (Å²) in [5, 5.41) is 23.2. The molecule has 0 aliphatic carbocycles. The molecule has 1 amide bonds. The van der Waals surface area contributed by atoms with Crippen molar-refractivity contribution in [1.82, 2.24) is 5.32 Å². The van der Waals surface area contributed by atoms with E-state index in [9.17, 15) is 15.0 Å². The molecule has 3 N–H and O–H groups in total. The first kappa shape index (κ1) is 71.1. The molecule has 4 heteroatoms. The van der Waals surface area contributed by atoms with Gasteiger partial charge in [0.15, 0.2) is 0 Å². The van der Waals surface area contributed by atoms with E-state index in [1.165, 1.54) is 289 Å². The van der Waals surface area contributed by atoms with Crippen LogP contribution in [0.4, 0.5) is 0 Å². The number of carbonyl (C=O) groups is 1. The number of hydrogen-bond acceptors (Lipinski definition) is 3. The summed E-state index contributed by atoms with van der Waals surface area (Å²) in [6.07, 6.45) is 91.5. The topological polar surface area (TPSA) is 69.6 Å². The van der Waals surface area contributed by atoms with Crippen LogP contribution in [0, 0.1) is 0 Å². The van der Waals surface area contributed by atoms with Gasteiger partial charge in [0.1, 0.15) is 0 Å². The average Bonchev–Trinajstić information content (AvgIpc) is 3.40. The number of nitrogens with one attached hydrogen (secondary N) is 1. The van der Waals surface area contributed by atoms with Gasteiger partial charge in [-0.3, -0.25) is 4.79 Å². The number of carbonyl (C=O) groups excluding carboxylic acids is 1. The third-order valence-corrected chi connectivity index (χ3v) is 15.2. The van der Waals surface area contributed by atoms with Gasteiger partial charge in [-0.2, -0.15) is 0 Å². The fourth-order valence-corrected chi connectivity index (χ4v) is 10.2. The van der Waals surface area contributed by atoms with Gasteiger partial charge in [-0.25, -0.2) is 0 Å². The Hall–Kier alpha value is -1.91. The number of aliphatic hydroxyl groups excluding tert-OH is 2. The lowest BCUT2D eigenvalue weighted by Crippen LogP contribution is -2.45. The number of rotatable bonds is 61. The highest BCUT2D eigenvalue weighted by Gasteiger charge is 2.18. The van der Waals surface area contributed by atoms with Crippen molar-refractivity contribution < 1.29 is 15.0 Å². The monoisotopic (exact) mass is 1020 g/mol. The summed E-state index contributed by atoms with van der Waals surface area (Å²) in [6.45, 7) is 4.32. The zero-order chi connectivity index (χ0) is 52.7. The quantitative estimate of drug-likeness (QED) is 0.0420. The van der Waals surface area contributed by atoms with Gasteiger partial charge in [0.05, 0.1) is 18.8 Å². The maximum Gasteiger partial charge on any atom is 0.220 e. The van der Waals surface area contributed by atoms with Gasteiger partial charge in [-0.1, -0.05) is 331 Å². The van der Waals surface area contributed by atoms with E-state index in [2.05, 4.69) is 67.8 Å². The Kier molecular flexibility index (Phi) is 62.7. The van der Waals surface area contributed by atoms with Crippen LogP contribution in [0.5, 0.6) is 0 Å². The molecule has 0 aromatic carbocycles. The Morgan fingerprint density at radius 2 is 0.575 bits per heavy atom. The molecule has 0 fully saturated rings. The molecule has 0 heterocycles. The van der Waals surface area contributed by atoms with Gasteiger partial charge in [0.2, 0.25) is 5.91 Å². The second-order valence-electron chi connectivity index (χ2n) is 22.5. The molecule has 0 saturated heterocycles. The first-order valence-electron chi connectivity index (χ1n) is 33.0. The molecular weight excluding hydrogens is 891 g/mol. The molecule has 2 atom stereocenters. The van der Waals surface area contributed by atoms with Crippen molar-refractivity contribution in [2.75, 3.05) is 6.61 Å². The van der Waals surface area contributed by atoms with E-state index in [-0.39, 0.29) is 12.5 Å². The van der Waals surface area contributed by atoms with Crippen LogP contribution in [-0.2, 0) is 4.79 Å². The fraction of sp³-hybridized carbons (Fsp3) is 0.841. The predicted octanol–water partition coefficient (Wildman–Crippen LogP) is 22.3. The highest BCUT2D eigenvalue weighted by atomic mass is 16.3. The van der Waals surface area contributed by atoms with Crippen LogP contribution in [0.3, 0.4) is 0 Å². The average molecular weight is 1020 g/mol. The Balaban J connectivity index is 3.46. The van der Waals surface area contributed by atoms with Crippen LogP contribution in [0.1, 0.15) is 354 Å². The van der Waals surface area contributed by atoms with Crippen molar-refractivity contribution in [2.45, 2.75) is 366 Å². The summed E-state index contributed by atoms with van der Waals surface area (Å²) in [4.78, 5) is 12.5. The number of hydrogen-bond donors (Lipinski definition) is 3.